The highest BCUT2D eigenvalue weighted by atomic mass is 32.1. The average Bonchev–Trinajstić information content (AvgIpc) is 2.62. The van der Waals surface area contributed by atoms with Crippen molar-refractivity contribution in [3.8, 4) is 0 Å². The Labute approximate surface area is 89.9 Å². The average molecular weight is 213 g/mol. The van der Waals surface area contributed by atoms with Gasteiger partial charge < -0.3 is 5.73 Å². The number of rotatable bonds is 5. The van der Waals surface area contributed by atoms with Gasteiger partial charge in [-0.2, -0.15) is 0 Å². The predicted molar refractivity (Wildman–Crippen MR) is 62.3 cm³/mol. The first-order chi connectivity index (χ1) is 6.67. The van der Waals surface area contributed by atoms with Gasteiger partial charge in [0, 0.05) is 30.4 Å². The molecular weight excluding hydrogens is 194 g/mol. The summed E-state index contributed by atoms with van der Waals surface area (Å²) in [5.74, 6) is 0. The molecule has 0 radical (unpaired) electrons. The van der Waals surface area contributed by atoms with Crippen molar-refractivity contribution in [1.29, 1.82) is 0 Å². The molecule has 1 rings (SSSR count). The molecule has 0 aromatic carbocycles. The zero-order valence-electron chi connectivity index (χ0n) is 9.08. The smallest absolute Gasteiger partial charge is 0.0679 e. The van der Waals surface area contributed by atoms with E-state index in [9.17, 15) is 0 Å². The lowest BCUT2D eigenvalue weighted by Crippen LogP contribution is -2.37. The van der Waals surface area contributed by atoms with Crippen molar-refractivity contribution in [2.75, 3.05) is 20.6 Å². The lowest BCUT2D eigenvalue weighted by molar-refractivity contribution is 0.247. The third kappa shape index (κ3) is 3.06. The summed E-state index contributed by atoms with van der Waals surface area (Å²) in [7, 11) is 3.97. The van der Waals surface area contributed by atoms with Crippen LogP contribution in [0.4, 0.5) is 0 Å². The highest BCUT2D eigenvalue weighted by Gasteiger charge is 2.11. The molecule has 80 valence electrons. The second-order valence-corrected chi connectivity index (χ2v) is 4.67. The van der Waals surface area contributed by atoms with E-state index in [0.717, 1.165) is 6.42 Å². The Kier molecular flexibility index (Phi) is 4.54. The minimum Gasteiger partial charge on any atom is -0.329 e. The molecule has 4 heteroatoms. The van der Waals surface area contributed by atoms with Crippen LogP contribution >= 0.6 is 11.3 Å². The van der Waals surface area contributed by atoms with Crippen LogP contribution in [-0.4, -0.2) is 25.6 Å². The second kappa shape index (κ2) is 5.46. The van der Waals surface area contributed by atoms with Gasteiger partial charge >= 0.3 is 0 Å². The van der Waals surface area contributed by atoms with Gasteiger partial charge in [-0.3, -0.25) is 0 Å². The van der Waals surface area contributed by atoms with Gasteiger partial charge in [0.15, 0.2) is 0 Å². The molecule has 0 fully saturated rings. The molecule has 0 amide bonds. The molecule has 3 N–H and O–H groups in total. The summed E-state index contributed by atoms with van der Waals surface area (Å²) in [6, 6.07) is 4.59. The maximum absolute atomic E-state index is 5.72. The molecule has 1 unspecified atom stereocenters. The van der Waals surface area contributed by atoms with Crippen molar-refractivity contribution in [3.63, 3.8) is 0 Å². The molecule has 0 saturated heterocycles. The van der Waals surface area contributed by atoms with E-state index in [-0.39, 0.29) is 6.04 Å². The summed E-state index contributed by atoms with van der Waals surface area (Å²) in [5.41, 5.74) is 9.02. The highest BCUT2D eigenvalue weighted by molar-refractivity contribution is 7.12. The fourth-order valence-electron chi connectivity index (χ4n) is 1.32. The third-order valence-electron chi connectivity index (χ3n) is 2.02. The molecule has 0 bridgehead atoms. The van der Waals surface area contributed by atoms with Gasteiger partial charge in [-0.05, 0) is 18.6 Å². The van der Waals surface area contributed by atoms with E-state index in [4.69, 9.17) is 5.73 Å². The summed E-state index contributed by atoms with van der Waals surface area (Å²) < 4.78 is 0. The van der Waals surface area contributed by atoms with Crippen LogP contribution in [0.2, 0.25) is 0 Å². The number of hydrazine groups is 1. The zero-order chi connectivity index (χ0) is 10.6. The molecule has 0 aliphatic carbocycles. The molecule has 1 heterocycles. The van der Waals surface area contributed by atoms with Gasteiger partial charge in [-0.1, -0.05) is 6.92 Å². The van der Waals surface area contributed by atoms with Crippen molar-refractivity contribution < 1.29 is 0 Å². The van der Waals surface area contributed by atoms with E-state index < -0.39 is 0 Å². The fourth-order valence-corrected chi connectivity index (χ4v) is 2.33. The maximum Gasteiger partial charge on any atom is 0.0679 e. The monoisotopic (exact) mass is 213 g/mol. The molecule has 1 atom stereocenters. The molecular formula is C10H19N3S. The summed E-state index contributed by atoms with van der Waals surface area (Å²) in [6.07, 6.45) is 1.10. The number of hydrogen-bond donors (Lipinski definition) is 2. The Hall–Kier alpha value is -0.420. The highest BCUT2D eigenvalue weighted by Crippen LogP contribution is 2.23. The van der Waals surface area contributed by atoms with Crippen molar-refractivity contribution >= 4 is 11.3 Å². The number of nitrogens with two attached hydrogens (primary N) is 1. The Morgan fingerprint density at radius 3 is 2.64 bits per heavy atom. The number of nitrogens with zero attached hydrogens (tertiary/aromatic N) is 1. The first kappa shape index (κ1) is 11.7. The van der Waals surface area contributed by atoms with Crippen LogP contribution in [0.25, 0.3) is 0 Å². The lowest BCUT2D eigenvalue weighted by atomic mass is 10.2. The van der Waals surface area contributed by atoms with E-state index in [1.165, 1.54) is 9.75 Å². The first-order valence-electron chi connectivity index (χ1n) is 4.89. The molecule has 0 aliphatic rings. The molecule has 0 spiro atoms. The summed E-state index contributed by atoms with van der Waals surface area (Å²) in [6.45, 7) is 2.80. The van der Waals surface area contributed by atoms with Crippen LogP contribution < -0.4 is 11.2 Å². The van der Waals surface area contributed by atoms with Gasteiger partial charge in [-0.15, -0.1) is 11.3 Å². The lowest BCUT2D eigenvalue weighted by Gasteiger charge is -2.20. The van der Waals surface area contributed by atoms with Crippen LogP contribution in [0.1, 0.15) is 22.7 Å². The molecule has 1 aromatic heterocycles. The van der Waals surface area contributed by atoms with Crippen LogP contribution in [0.5, 0.6) is 0 Å². The third-order valence-corrected chi connectivity index (χ3v) is 3.37. The molecule has 3 nitrogen and oxygen atoms in total. The van der Waals surface area contributed by atoms with Crippen LogP contribution in [0, 0.1) is 0 Å². The Balaban J connectivity index is 2.68. The standard InChI is InChI=1S/C10H19N3S/c1-4-8-5-6-10(14-8)9(7-11)12-13(2)3/h5-6,9,12H,4,7,11H2,1-3H3. The first-order valence-corrected chi connectivity index (χ1v) is 5.71. The maximum atomic E-state index is 5.72. The normalized spacial score (nSPS) is 13.5. The number of hydrogen-bond acceptors (Lipinski definition) is 4. The number of nitrogens with one attached hydrogen (secondary N) is 1. The SMILES string of the molecule is CCc1ccc(C(CN)NN(C)C)s1. The van der Waals surface area contributed by atoms with E-state index >= 15 is 0 Å². The molecule has 1 aromatic rings. The molecule has 0 aliphatic heterocycles. The van der Waals surface area contributed by atoms with E-state index in [1.54, 1.807) is 0 Å². The van der Waals surface area contributed by atoms with Gasteiger partial charge in [0.2, 0.25) is 0 Å². The van der Waals surface area contributed by atoms with E-state index in [2.05, 4.69) is 24.5 Å². The van der Waals surface area contributed by atoms with E-state index in [0.29, 0.717) is 6.54 Å². The number of aryl methyl sites for hydroxylation is 1. The van der Waals surface area contributed by atoms with Crippen molar-refractivity contribution in [1.82, 2.24) is 10.4 Å². The van der Waals surface area contributed by atoms with Crippen LogP contribution in [0.15, 0.2) is 12.1 Å². The second-order valence-electron chi connectivity index (χ2n) is 3.47. The minimum atomic E-state index is 0.246. The zero-order valence-corrected chi connectivity index (χ0v) is 9.90. The Morgan fingerprint density at radius 2 is 2.21 bits per heavy atom. The molecule has 0 saturated carbocycles. The van der Waals surface area contributed by atoms with Gasteiger partial charge in [-0.25, -0.2) is 10.4 Å². The summed E-state index contributed by atoms with van der Waals surface area (Å²) in [5, 5.41) is 1.95. The van der Waals surface area contributed by atoms with Gasteiger partial charge in [0.25, 0.3) is 0 Å². The minimum absolute atomic E-state index is 0.246. The van der Waals surface area contributed by atoms with E-state index in [1.807, 2.05) is 30.4 Å². The van der Waals surface area contributed by atoms with Gasteiger partial charge in [0.05, 0.1) is 6.04 Å². The van der Waals surface area contributed by atoms with Crippen LogP contribution in [0.3, 0.4) is 0 Å². The van der Waals surface area contributed by atoms with Crippen molar-refractivity contribution in [2.45, 2.75) is 19.4 Å². The predicted octanol–water partition coefficient (Wildman–Crippen LogP) is 1.38. The summed E-state index contributed by atoms with van der Waals surface area (Å²) in [4.78, 5) is 2.73. The van der Waals surface area contributed by atoms with Crippen molar-refractivity contribution in [2.24, 2.45) is 5.73 Å². The molecule has 14 heavy (non-hydrogen) atoms. The van der Waals surface area contributed by atoms with Crippen molar-refractivity contribution in [3.05, 3.63) is 21.9 Å². The Morgan fingerprint density at radius 1 is 1.50 bits per heavy atom. The van der Waals surface area contributed by atoms with Crippen LogP contribution in [-0.2, 0) is 6.42 Å². The quantitative estimate of drug-likeness (QED) is 0.726. The van der Waals surface area contributed by atoms with Gasteiger partial charge in [0.1, 0.15) is 0 Å². The fraction of sp³-hybridized carbons (Fsp3) is 0.600. The Bertz CT molecular complexity index is 270. The largest absolute Gasteiger partial charge is 0.329 e. The summed E-state index contributed by atoms with van der Waals surface area (Å²) >= 11 is 1.84. The topological polar surface area (TPSA) is 41.3 Å². The number of thiophene rings is 1.